The standard InChI is InChI=1S/C16H25NO/c1-2-3-4-5-6-7-11-14-16(17-18)15-12-9-8-10-13-15/h8-10,12-13,18H,2-7,11,14H2,1H3. The number of rotatable bonds is 9. The van der Waals surface area contributed by atoms with Crippen molar-refractivity contribution >= 4 is 5.71 Å². The van der Waals surface area contributed by atoms with Crippen LogP contribution in [0.15, 0.2) is 35.5 Å². The van der Waals surface area contributed by atoms with Gasteiger partial charge < -0.3 is 5.21 Å². The van der Waals surface area contributed by atoms with E-state index in [0.717, 1.165) is 24.1 Å². The summed E-state index contributed by atoms with van der Waals surface area (Å²) >= 11 is 0. The van der Waals surface area contributed by atoms with Gasteiger partial charge in [-0.3, -0.25) is 0 Å². The maximum Gasteiger partial charge on any atom is 0.0867 e. The zero-order valence-electron chi connectivity index (χ0n) is 11.4. The molecule has 1 rings (SSSR count). The molecule has 0 saturated heterocycles. The van der Waals surface area contributed by atoms with Crippen LogP contribution < -0.4 is 0 Å². The lowest BCUT2D eigenvalue weighted by atomic mass is 10.0. The van der Waals surface area contributed by atoms with E-state index in [1.807, 2.05) is 30.3 Å². The number of oxime groups is 1. The molecule has 0 fully saturated rings. The van der Waals surface area contributed by atoms with Crippen LogP contribution in [0.3, 0.4) is 0 Å². The average Bonchev–Trinajstić information content (AvgIpc) is 2.43. The van der Waals surface area contributed by atoms with Gasteiger partial charge in [-0.15, -0.1) is 0 Å². The van der Waals surface area contributed by atoms with Crippen molar-refractivity contribution in [3.8, 4) is 0 Å². The molecule has 0 radical (unpaired) electrons. The first-order valence-corrected chi connectivity index (χ1v) is 7.14. The quantitative estimate of drug-likeness (QED) is 0.283. The summed E-state index contributed by atoms with van der Waals surface area (Å²) in [4.78, 5) is 0. The first-order valence-electron chi connectivity index (χ1n) is 7.14. The molecule has 0 aliphatic carbocycles. The Morgan fingerprint density at radius 3 is 2.17 bits per heavy atom. The lowest BCUT2D eigenvalue weighted by Gasteiger charge is -2.04. The van der Waals surface area contributed by atoms with E-state index in [1.54, 1.807) is 0 Å². The van der Waals surface area contributed by atoms with Crippen molar-refractivity contribution in [2.45, 2.75) is 58.3 Å². The molecule has 100 valence electrons. The maximum absolute atomic E-state index is 9.04. The minimum absolute atomic E-state index is 0.809. The molecule has 0 spiro atoms. The second-order valence-electron chi connectivity index (χ2n) is 4.78. The Morgan fingerprint density at radius 1 is 0.944 bits per heavy atom. The highest BCUT2D eigenvalue weighted by Crippen LogP contribution is 2.12. The van der Waals surface area contributed by atoms with E-state index in [0.29, 0.717) is 0 Å². The zero-order valence-corrected chi connectivity index (χ0v) is 11.4. The second-order valence-corrected chi connectivity index (χ2v) is 4.78. The van der Waals surface area contributed by atoms with Crippen LogP contribution in [0.5, 0.6) is 0 Å². The molecular weight excluding hydrogens is 222 g/mol. The molecule has 0 saturated carbocycles. The second kappa shape index (κ2) is 9.69. The molecule has 18 heavy (non-hydrogen) atoms. The minimum atomic E-state index is 0.809. The Kier molecular flexibility index (Phi) is 7.94. The van der Waals surface area contributed by atoms with Gasteiger partial charge in [0.05, 0.1) is 5.71 Å². The van der Waals surface area contributed by atoms with Gasteiger partial charge in [-0.1, -0.05) is 80.9 Å². The molecule has 1 aromatic carbocycles. The number of unbranched alkanes of at least 4 members (excludes halogenated alkanes) is 6. The van der Waals surface area contributed by atoms with Gasteiger partial charge in [0.25, 0.3) is 0 Å². The van der Waals surface area contributed by atoms with Crippen LogP contribution in [-0.4, -0.2) is 10.9 Å². The molecule has 2 nitrogen and oxygen atoms in total. The van der Waals surface area contributed by atoms with Crippen molar-refractivity contribution in [2.24, 2.45) is 5.16 Å². The van der Waals surface area contributed by atoms with Crippen molar-refractivity contribution in [2.75, 3.05) is 0 Å². The van der Waals surface area contributed by atoms with Crippen molar-refractivity contribution in [1.29, 1.82) is 0 Å². The number of hydrogen-bond acceptors (Lipinski definition) is 2. The van der Waals surface area contributed by atoms with Crippen LogP contribution in [0.4, 0.5) is 0 Å². The third-order valence-corrected chi connectivity index (χ3v) is 3.24. The molecule has 0 unspecified atom stereocenters. The Bertz CT molecular complexity index is 332. The predicted molar refractivity (Wildman–Crippen MR) is 77.4 cm³/mol. The van der Waals surface area contributed by atoms with Gasteiger partial charge in [-0.25, -0.2) is 0 Å². The molecule has 0 aliphatic rings. The van der Waals surface area contributed by atoms with Gasteiger partial charge >= 0.3 is 0 Å². The molecular formula is C16H25NO. The topological polar surface area (TPSA) is 32.6 Å². The van der Waals surface area contributed by atoms with E-state index in [-0.39, 0.29) is 0 Å². The van der Waals surface area contributed by atoms with Crippen molar-refractivity contribution < 1.29 is 5.21 Å². The van der Waals surface area contributed by atoms with Gasteiger partial charge in [0.1, 0.15) is 0 Å². The van der Waals surface area contributed by atoms with Gasteiger partial charge in [0.2, 0.25) is 0 Å². The number of benzene rings is 1. The summed E-state index contributed by atoms with van der Waals surface area (Å²) in [6.45, 7) is 2.24. The summed E-state index contributed by atoms with van der Waals surface area (Å²) in [7, 11) is 0. The molecule has 0 atom stereocenters. The molecule has 1 N–H and O–H groups in total. The normalized spacial score (nSPS) is 11.7. The fourth-order valence-electron chi connectivity index (χ4n) is 2.13. The molecule has 0 aliphatic heterocycles. The van der Waals surface area contributed by atoms with Gasteiger partial charge in [-0.05, 0) is 18.4 Å². The summed E-state index contributed by atoms with van der Waals surface area (Å²) in [6.07, 6.45) is 9.86. The van der Waals surface area contributed by atoms with E-state index >= 15 is 0 Å². The summed E-state index contributed by atoms with van der Waals surface area (Å²) in [6, 6.07) is 9.93. The monoisotopic (exact) mass is 247 g/mol. The highest BCUT2D eigenvalue weighted by Gasteiger charge is 2.03. The number of hydrogen-bond donors (Lipinski definition) is 1. The molecule has 0 aromatic heterocycles. The van der Waals surface area contributed by atoms with Gasteiger partial charge in [-0.2, -0.15) is 0 Å². The minimum Gasteiger partial charge on any atom is -0.411 e. The fourth-order valence-corrected chi connectivity index (χ4v) is 2.13. The highest BCUT2D eigenvalue weighted by atomic mass is 16.4. The van der Waals surface area contributed by atoms with Gasteiger partial charge in [0.15, 0.2) is 0 Å². The molecule has 1 aromatic rings. The van der Waals surface area contributed by atoms with Crippen LogP contribution in [0.25, 0.3) is 0 Å². The zero-order chi connectivity index (χ0) is 13.1. The Morgan fingerprint density at radius 2 is 1.56 bits per heavy atom. The lowest BCUT2D eigenvalue weighted by molar-refractivity contribution is 0.317. The molecule has 0 amide bonds. The van der Waals surface area contributed by atoms with Crippen molar-refractivity contribution in [3.05, 3.63) is 35.9 Å². The lowest BCUT2D eigenvalue weighted by Crippen LogP contribution is -2.00. The van der Waals surface area contributed by atoms with E-state index < -0.39 is 0 Å². The number of nitrogens with zero attached hydrogens (tertiary/aromatic N) is 1. The first-order chi connectivity index (χ1) is 8.88. The van der Waals surface area contributed by atoms with Gasteiger partial charge in [0, 0.05) is 0 Å². The van der Waals surface area contributed by atoms with E-state index in [2.05, 4.69) is 12.1 Å². The van der Waals surface area contributed by atoms with Crippen LogP contribution in [0.1, 0.15) is 63.9 Å². The summed E-state index contributed by atoms with van der Waals surface area (Å²) in [5.41, 5.74) is 1.84. The first kappa shape index (κ1) is 14.7. The molecule has 0 bridgehead atoms. The van der Waals surface area contributed by atoms with Crippen molar-refractivity contribution in [1.82, 2.24) is 0 Å². The summed E-state index contributed by atoms with van der Waals surface area (Å²) in [5, 5.41) is 12.5. The SMILES string of the molecule is CCCCCCCCCC(=NO)c1ccccc1. The van der Waals surface area contributed by atoms with Crippen LogP contribution in [0, 0.1) is 0 Å². The van der Waals surface area contributed by atoms with Crippen LogP contribution in [-0.2, 0) is 0 Å². The molecule has 2 heteroatoms. The predicted octanol–water partition coefficient (Wildman–Crippen LogP) is 5.01. The fraction of sp³-hybridized carbons (Fsp3) is 0.562. The third-order valence-electron chi connectivity index (χ3n) is 3.24. The maximum atomic E-state index is 9.04. The Balaban J connectivity index is 2.18. The van der Waals surface area contributed by atoms with Crippen molar-refractivity contribution in [3.63, 3.8) is 0 Å². The Hall–Kier alpha value is -1.31. The summed E-state index contributed by atoms with van der Waals surface area (Å²) < 4.78 is 0. The largest absolute Gasteiger partial charge is 0.411 e. The summed E-state index contributed by atoms with van der Waals surface area (Å²) in [5.74, 6) is 0. The van der Waals surface area contributed by atoms with Crippen LogP contribution in [0.2, 0.25) is 0 Å². The molecule has 0 heterocycles. The van der Waals surface area contributed by atoms with E-state index in [1.165, 1.54) is 38.5 Å². The highest BCUT2D eigenvalue weighted by molar-refractivity contribution is 6.00. The van der Waals surface area contributed by atoms with E-state index in [9.17, 15) is 0 Å². The third kappa shape index (κ3) is 5.85. The van der Waals surface area contributed by atoms with E-state index in [4.69, 9.17) is 5.21 Å². The van der Waals surface area contributed by atoms with Crippen LogP contribution >= 0.6 is 0 Å². The smallest absolute Gasteiger partial charge is 0.0867 e. The average molecular weight is 247 g/mol. The Labute approximate surface area is 111 Å².